The number of nitrogens with zero attached hydrogens (tertiary/aromatic N) is 1. The lowest BCUT2D eigenvalue weighted by atomic mass is 9.67. The molecule has 1 heterocycles. The Morgan fingerprint density at radius 2 is 2.12 bits per heavy atom. The number of hydrogen-bond donors (Lipinski definition) is 2. The number of halogens is 2. The molecule has 0 aromatic heterocycles. The second-order valence-electron chi connectivity index (χ2n) is 5.74. The molecule has 0 radical (unpaired) electrons. The fourth-order valence-electron chi connectivity index (χ4n) is 2.72. The molecule has 1 aliphatic rings. The second kappa shape index (κ2) is 5.05. The van der Waals surface area contributed by atoms with Gasteiger partial charge in [-0.05, 0) is 11.8 Å². The van der Waals surface area contributed by atoms with Crippen LogP contribution in [0.5, 0.6) is 0 Å². The summed E-state index contributed by atoms with van der Waals surface area (Å²) in [6.07, 6.45) is -0.413. The second-order valence-corrected chi connectivity index (χ2v) is 7.68. The van der Waals surface area contributed by atoms with Crippen molar-refractivity contribution in [3.63, 3.8) is 0 Å². The summed E-state index contributed by atoms with van der Waals surface area (Å²) >= 11 is 6.81. The number of alkyl halides is 2. The topological polar surface area (TPSA) is 60.8 Å². The van der Waals surface area contributed by atoms with Crippen LogP contribution >= 0.6 is 31.9 Å². The Hall–Kier alpha value is 0.190. The highest BCUT2D eigenvalue weighted by molar-refractivity contribution is 9.12. The zero-order valence-electron chi connectivity index (χ0n) is 10.3. The fraction of sp³-hybridized carbons (Fsp3) is 0.909. The molecule has 0 spiro atoms. The molecular weight excluding hydrogens is 354 g/mol. The molecule has 3 atom stereocenters. The van der Waals surface area contributed by atoms with Crippen LogP contribution in [0.2, 0.25) is 0 Å². The lowest BCUT2D eigenvalue weighted by Crippen LogP contribution is -2.75. The van der Waals surface area contributed by atoms with Gasteiger partial charge in [0.1, 0.15) is 5.60 Å². The van der Waals surface area contributed by atoms with Crippen molar-refractivity contribution in [3.05, 3.63) is 0 Å². The molecule has 17 heavy (non-hydrogen) atoms. The Morgan fingerprint density at radius 1 is 1.59 bits per heavy atom. The van der Waals surface area contributed by atoms with Gasteiger partial charge in [-0.1, -0.05) is 52.6 Å². The van der Waals surface area contributed by atoms with E-state index in [0.29, 0.717) is 6.42 Å². The van der Waals surface area contributed by atoms with Crippen LogP contribution in [0.15, 0.2) is 0 Å². The van der Waals surface area contributed by atoms with Crippen molar-refractivity contribution in [2.75, 3.05) is 11.9 Å². The average Bonchev–Trinajstić information content (AvgIpc) is 2.11. The van der Waals surface area contributed by atoms with Crippen molar-refractivity contribution < 1.29 is 15.0 Å². The summed E-state index contributed by atoms with van der Waals surface area (Å²) in [4.78, 5) is 12.5. The van der Waals surface area contributed by atoms with Crippen molar-refractivity contribution >= 4 is 38.0 Å². The normalized spacial score (nSPS) is 30.9. The van der Waals surface area contributed by atoms with E-state index >= 15 is 0 Å². The highest BCUT2D eigenvalue weighted by atomic mass is 79.9. The van der Waals surface area contributed by atoms with E-state index in [-0.39, 0.29) is 22.8 Å². The molecule has 0 aromatic rings. The number of carbonyl (C=O) groups is 1. The number of aliphatic hydroxyl groups is 1. The van der Waals surface area contributed by atoms with Crippen LogP contribution in [0.1, 0.15) is 27.2 Å². The quantitative estimate of drug-likeness (QED) is 0.748. The molecule has 3 unspecified atom stereocenters. The van der Waals surface area contributed by atoms with Gasteiger partial charge in [-0.3, -0.25) is 4.90 Å². The van der Waals surface area contributed by atoms with Gasteiger partial charge < -0.3 is 10.2 Å². The van der Waals surface area contributed by atoms with Crippen molar-refractivity contribution in [1.29, 1.82) is 0 Å². The fourth-order valence-corrected chi connectivity index (χ4v) is 3.51. The standard InChI is InChI=1S/C11H19Br2NO3/c1-10(2,3)8-11(17,4-7(13)5-12)6-14(8)9(15)16/h7-8,17H,4-6H2,1-3H3,(H,15,16). The monoisotopic (exact) mass is 371 g/mol. The van der Waals surface area contributed by atoms with Gasteiger partial charge in [0, 0.05) is 10.2 Å². The maximum absolute atomic E-state index is 11.1. The lowest BCUT2D eigenvalue weighted by molar-refractivity contribution is -0.174. The highest BCUT2D eigenvalue weighted by Gasteiger charge is 2.58. The van der Waals surface area contributed by atoms with Crippen LogP contribution in [-0.2, 0) is 0 Å². The van der Waals surface area contributed by atoms with Gasteiger partial charge in [0.25, 0.3) is 0 Å². The third-order valence-corrected chi connectivity index (χ3v) is 5.37. The van der Waals surface area contributed by atoms with Crippen LogP contribution in [0.4, 0.5) is 4.79 Å². The summed E-state index contributed by atoms with van der Waals surface area (Å²) in [5, 5.41) is 20.4. The molecule has 0 saturated carbocycles. The van der Waals surface area contributed by atoms with Crippen LogP contribution in [0.25, 0.3) is 0 Å². The summed E-state index contributed by atoms with van der Waals surface area (Å²) in [5.74, 6) is 0. The third-order valence-electron chi connectivity index (χ3n) is 3.07. The van der Waals surface area contributed by atoms with Gasteiger partial charge in [-0.25, -0.2) is 4.79 Å². The first-order valence-electron chi connectivity index (χ1n) is 5.54. The Bertz CT molecular complexity index is 306. The highest BCUT2D eigenvalue weighted by Crippen LogP contribution is 2.44. The first-order chi connectivity index (χ1) is 7.62. The van der Waals surface area contributed by atoms with E-state index < -0.39 is 11.7 Å². The number of hydrogen-bond acceptors (Lipinski definition) is 2. The van der Waals surface area contributed by atoms with Crippen LogP contribution < -0.4 is 0 Å². The van der Waals surface area contributed by atoms with Crippen molar-refractivity contribution in [3.8, 4) is 0 Å². The first-order valence-corrected chi connectivity index (χ1v) is 7.57. The van der Waals surface area contributed by atoms with Gasteiger partial charge in [0.2, 0.25) is 0 Å². The minimum absolute atomic E-state index is 0.147. The Balaban J connectivity index is 2.85. The number of amides is 1. The molecular formula is C11H19Br2NO3. The summed E-state index contributed by atoms with van der Waals surface area (Å²) in [5.41, 5.74) is -1.21. The number of carboxylic acid groups (broad SMARTS) is 1. The van der Waals surface area contributed by atoms with E-state index in [1.807, 2.05) is 20.8 Å². The van der Waals surface area contributed by atoms with E-state index in [2.05, 4.69) is 31.9 Å². The van der Waals surface area contributed by atoms with Crippen LogP contribution in [0, 0.1) is 5.41 Å². The Morgan fingerprint density at radius 3 is 2.47 bits per heavy atom. The van der Waals surface area contributed by atoms with E-state index in [1.165, 1.54) is 4.90 Å². The molecule has 2 N–H and O–H groups in total. The minimum atomic E-state index is -0.959. The lowest BCUT2D eigenvalue weighted by Gasteiger charge is -2.58. The van der Waals surface area contributed by atoms with Crippen LogP contribution in [0.3, 0.4) is 0 Å². The summed E-state index contributed by atoms with van der Waals surface area (Å²) < 4.78 is 0. The molecule has 0 bridgehead atoms. The molecule has 4 nitrogen and oxygen atoms in total. The third kappa shape index (κ3) is 3.15. The maximum atomic E-state index is 11.1. The predicted molar refractivity (Wildman–Crippen MR) is 74.0 cm³/mol. The molecule has 0 aromatic carbocycles. The van der Waals surface area contributed by atoms with Gasteiger partial charge >= 0.3 is 6.09 Å². The van der Waals surface area contributed by atoms with Gasteiger partial charge in [-0.15, -0.1) is 0 Å². The zero-order chi connectivity index (χ0) is 13.4. The first kappa shape index (κ1) is 15.2. The number of rotatable bonds is 3. The van der Waals surface area contributed by atoms with Gasteiger partial charge in [-0.2, -0.15) is 0 Å². The van der Waals surface area contributed by atoms with E-state index in [1.54, 1.807) is 0 Å². The average molecular weight is 373 g/mol. The minimum Gasteiger partial charge on any atom is -0.465 e. The molecule has 6 heteroatoms. The Kier molecular flexibility index (Phi) is 4.53. The molecule has 0 aliphatic carbocycles. The molecule has 1 saturated heterocycles. The molecule has 1 amide bonds. The van der Waals surface area contributed by atoms with Crippen molar-refractivity contribution in [2.24, 2.45) is 5.41 Å². The van der Waals surface area contributed by atoms with E-state index in [4.69, 9.17) is 5.11 Å². The largest absolute Gasteiger partial charge is 0.465 e. The SMILES string of the molecule is CC(C)(C)C1N(C(=O)O)CC1(O)CC(Br)CBr. The molecule has 100 valence electrons. The van der Waals surface area contributed by atoms with E-state index in [0.717, 1.165) is 5.33 Å². The summed E-state index contributed by atoms with van der Waals surface area (Å²) in [7, 11) is 0. The summed E-state index contributed by atoms with van der Waals surface area (Å²) in [6.45, 7) is 6.05. The molecule has 1 aliphatic heterocycles. The number of likely N-dealkylation sites (tertiary alicyclic amines) is 1. The van der Waals surface area contributed by atoms with E-state index in [9.17, 15) is 9.90 Å². The van der Waals surface area contributed by atoms with Crippen molar-refractivity contribution in [1.82, 2.24) is 4.90 Å². The molecule has 1 rings (SSSR count). The Labute approximate surface area is 119 Å². The summed E-state index contributed by atoms with van der Waals surface area (Å²) in [6, 6.07) is -0.355. The van der Waals surface area contributed by atoms with Crippen molar-refractivity contribution in [2.45, 2.75) is 43.7 Å². The zero-order valence-corrected chi connectivity index (χ0v) is 13.5. The van der Waals surface area contributed by atoms with Gasteiger partial charge in [0.15, 0.2) is 0 Å². The molecule has 1 fully saturated rings. The predicted octanol–water partition coefficient (Wildman–Crippen LogP) is 2.67. The van der Waals surface area contributed by atoms with Gasteiger partial charge in [0.05, 0.1) is 12.6 Å². The smallest absolute Gasteiger partial charge is 0.407 e. The van der Waals surface area contributed by atoms with Crippen LogP contribution in [-0.4, -0.2) is 49.6 Å². The number of β-amino-alcohol motifs (C(OH)–C–C–N with tert-alkyl or cyclic N) is 1. The maximum Gasteiger partial charge on any atom is 0.407 e.